The molecule has 0 aliphatic carbocycles. The van der Waals surface area contributed by atoms with Gasteiger partial charge in [0.25, 0.3) is 5.91 Å². The fraction of sp³-hybridized carbons (Fsp3) is 0. The largest absolute Gasteiger partial charge is 0.322 e. The van der Waals surface area contributed by atoms with Crippen LogP contribution < -0.4 is 5.32 Å². The lowest BCUT2D eigenvalue weighted by Gasteiger charge is -2.08. The minimum atomic E-state index is -0.274. The van der Waals surface area contributed by atoms with E-state index in [9.17, 15) is 9.18 Å². The average Bonchev–Trinajstić information content (AvgIpc) is 3.12. The summed E-state index contributed by atoms with van der Waals surface area (Å²) in [6.07, 6.45) is 0. The Labute approximate surface area is 148 Å². The number of nitrogens with one attached hydrogen (secondary N) is 1. The summed E-state index contributed by atoms with van der Waals surface area (Å²) in [5, 5.41) is 6.64. The van der Waals surface area contributed by atoms with Gasteiger partial charge >= 0.3 is 0 Å². The van der Waals surface area contributed by atoms with Gasteiger partial charge in [-0.15, -0.1) is 11.3 Å². The number of hydrogen-bond donors (Lipinski definition) is 1. The molecule has 2 nitrogen and oxygen atoms in total. The van der Waals surface area contributed by atoms with Gasteiger partial charge in [0.05, 0.1) is 5.57 Å². The SMILES string of the molecule is O=C(Nc1ccccc1)C(=CSc1ccc(F)cc1)c1cccs1. The summed E-state index contributed by atoms with van der Waals surface area (Å²) >= 11 is 2.90. The zero-order valence-electron chi connectivity index (χ0n) is 12.6. The maximum atomic E-state index is 13.0. The van der Waals surface area contributed by atoms with Crippen molar-refractivity contribution in [3.8, 4) is 0 Å². The molecule has 5 heteroatoms. The van der Waals surface area contributed by atoms with Crippen LogP contribution in [0.3, 0.4) is 0 Å². The Morgan fingerprint density at radius 1 is 1.00 bits per heavy atom. The van der Waals surface area contributed by atoms with Gasteiger partial charge in [-0.05, 0) is 53.3 Å². The van der Waals surface area contributed by atoms with Crippen molar-refractivity contribution in [2.24, 2.45) is 0 Å². The highest BCUT2D eigenvalue weighted by atomic mass is 32.2. The highest BCUT2D eigenvalue weighted by Gasteiger charge is 2.13. The van der Waals surface area contributed by atoms with Crippen molar-refractivity contribution in [3.05, 3.63) is 88.2 Å². The number of carbonyl (C=O) groups is 1. The molecule has 1 heterocycles. The lowest BCUT2D eigenvalue weighted by atomic mass is 10.2. The predicted molar refractivity (Wildman–Crippen MR) is 99.6 cm³/mol. The van der Waals surface area contributed by atoms with E-state index in [-0.39, 0.29) is 11.7 Å². The number of para-hydroxylation sites is 1. The zero-order valence-corrected chi connectivity index (χ0v) is 14.2. The lowest BCUT2D eigenvalue weighted by Crippen LogP contribution is -2.12. The second kappa shape index (κ2) is 7.95. The van der Waals surface area contributed by atoms with Gasteiger partial charge < -0.3 is 5.32 Å². The third-order valence-corrected chi connectivity index (χ3v) is 4.99. The van der Waals surface area contributed by atoms with Gasteiger partial charge in [-0.2, -0.15) is 0 Å². The topological polar surface area (TPSA) is 29.1 Å². The number of amides is 1. The van der Waals surface area contributed by atoms with Crippen LogP contribution in [0.1, 0.15) is 4.88 Å². The number of benzene rings is 2. The van der Waals surface area contributed by atoms with Crippen LogP contribution in [0.25, 0.3) is 5.57 Å². The van der Waals surface area contributed by atoms with E-state index in [1.807, 2.05) is 47.8 Å². The summed E-state index contributed by atoms with van der Waals surface area (Å²) in [7, 11) is 0. The molecule has 1 N–H and O–H groups in total. The van der Waals surface area contributed by atoms with Gasteiger partial charge in [-0.1, -0.05) is 36.0 Å². The molecular formula is C19H14FNOS2. The summed E-state index contributed by atoms with van der Waals surface area (Å²) in [6, 6.07) is 19.4. The van der Waals surface area contributed by atoms with Gasteiger partial charge in [0.1, 0.15) is 5.82 Å². The van der Waals surface area contributed by atoms with E-state index in [1.165, 1.54) is 35.2 Å². The van der Waals surface area contributed by atoms with Crippen molar-refractivity contribution < 1.29 is 9.18 Å². The van der Waals surface area contributed by atoms with E-state index in [1.54, 1.807) is 17.5 Å². The first-order valence-electron chi connectivity index (χ1n) is 7.25. The molecule has 0 saturated heterocycles. The fourth-order valence-corrected chi connectivity index (χ4v) is 3.61. The molecule has 0 atom stereocenters. The van der Waals surface area contributed by atoms with Crippen LogP contribution in [-0.2, 0) is 4.79 Å². The van der Waals surface area contributed by atoms with Crippen LogP contribution in [0, 0.1) is 5.82 Å². The van der Waals surface area contributed by atoms with Gasteiger partial charge in [-0.25, -0.2) is 4.39 Å². The van der Waals surface area contributed by atoms with Crippen LogP contribution in [0.5, 0.6) is 0 Å². The van der Waals surface area contributed by atoms with Gasteiger partial charge in [0.15, 0.2) is 0 Å². The third-order valence-electron chi connectivity index (χ3n) is 3.19. The molecule has 0 saturated carbocycles. The van der Waals surface area contributed by atoms with Crippen molar-refractivity contribution in [1.29, 1.82) is 0 Å². The number of anilines is 1. The Morgan fingerprint density at radius 3 is 2.42 bits per heavy atom. The monoisotopic (exact) mass is 355 g/mol. The fourth-order valence-electron chi connectivity index (χ4n) is 2.02. The van der Waals surface area contributed by atoms with Crippen LogP contribution in [-0.4, -0.2) is 5.91 Å². The maximum absolute atomic E-state index is 13.0. The first-order valence-corrected chi connectivity index (χ1v) is 9.01. The van der Waals surface area contributed by atoms with E-state index < -0.39 is 0 Å². The Balaban J connectivity index is 1.82. The first kappa shape index (κ1) is 16.5. The number of carbonyl (C=O) groups excluding carboxylic acids is 1. The van der Waals surface area contributed by atoms with Crippen molar-refractivity contribution >= 4 is 40.3 Å². The van der Waals surface area contributed by atoms with Gasteiger partial charge in [0.2, 0.25) is 0 Å². The summed E-state index contributed by atoms with van der Waals surface area (Å²) in [6.45, 7) is 0. The van der Waals surface area contributed by atoms with E-state index in [4.69, 9.17) is 0 Å². The quantitative estimate of drug-likeness (QED) is 0.473. The van der Waals surface area contributed by atoms with Crippen LogP contribution in [0.4, 0.5) is 10.1 Å². The Bertz CT molecular complexity index is 828. The molecule has 0 spiro atoms. The summed E-state index contributed by atoms with van der Waals surface area (Å²) < 4.78 is 13.0. The van der Waals surface area contributed by atoms with E-state index in [0.717, 1.165) is 15.5 Å². The minimum absolute atomic E-state index is 0.168. The minimum Gasteiger partial charge on any atom is -0.322 e. The zero-order chi connectivity index (χ0) is 16.8. The number of halogens is 1. The van der Waals surface area contributed by atoms with E-state index >= 15 is 0 Å². The molecule has 1 amide bonds. The van der Waals surface area contributed by atoms with Crippen molar-refractivity contribution in [1.82, 2.24) is 0 Å². The summed E-state index contributed by atoms with van der Waals surface area (Å²) in [5.41, 5.74) is 1.33. The molecule has 24 heavy (non-hydrogen) atoms. The second-order valence-corrected chi connectivity index (χ2v) is 6.79. The van der Waals surface area contributed by atoms with E-state index in [2.05, 4.69) is 5.32 Å². The van der Waals surface area contributed by atoms with Crippen LogP contribution >= 0.6 is 23.1 Å². The molecule has 0 aliphatic rings. The summed E-state index contributed by atoms with van der Waals surface area (Å²) in [5.74, 6) is -0.443. The molecule has 3 aromatic rings. The first-order chi connectivity index (χ1) is 11.7. The van der Waals surface area contributed by atoms with Gasteiger partial charge in [-0.3, -0.25) is 4.79 Å². The Hall–Kier alpha value is -2.37. The number of thioether (sulfide) groups is 1. The maximum Gasteiger partial charge on any atom is 0.257 e. The number of hydrogen-bond acceptors (Lipinski definition) is 3. The molecule has 120 valence electrons. The third kappa shape index (κ3) is 4.34. The lowest BCUT2D eigenvalue weighted by molar-refractivity contribution is -0.111. The molecule has 3 rings (SSSR count). The Morgan fingerprint density at radius 2 is 1.75 bits per heavy atom. The standard InChI is InChI=1S/C19H14FNOS2/c20-14-8-10-16(11-9-14)24-13-17(18-7-4-12-23-18)19(22)21-15-5-2-1-3-6-15/h1-13H,(H,21,22). The molecule has 1 aromatic heterocycles. The molecule has 0 radical (unpaired) electrons. The molecule has 0 aliphatic heterocycles. The number of rotatable bonds is 5. The predicted octanol–water partition coefficient (Wildman–Crippen LogP) is 5.66. The van der Waals surface area contributed by atoms with E-state index in [0.29, 0.717) is 5.57 Å². The smallest absolute Gasteiger partial charge is 0.257 e. The highest BCUT2D eigenvalue weighted by Crippen LogP contribution is 2.28. The molecular weight excluding hydrogens is 341 g/mol. The Kier molecular flexibility index (Phi) is 5.46. The summed E-state index contributed by atoms with van der Waals surface area (Å²) in [4.78, 5) is 14.4. The highest BCUT2D eigenvalue weighted by molar-refractivity contribution is 8.02. The normalized spacial score (nSPS) is 11.3. The van der Waals surface area contributed by atoms with Crippen LogP contribution in [0.15, 0.2) is 82.4 Å². The van der Waals surface area contributed by atoms with Crippen molar-refractivity contribution in [3.63, 3.8) is 0 Å². The van der Waals surface area contributed by atoms with Crippen molar-refractivity contribution in [2.75, 3.05) is 5.32 Å². The molecule has 0 fully saturated rings. The van der Waals surface area contributed by atoms with Gasteiger partial charge in [0, 0.05) is 15.5 Å². The average molecular weight is 355 g/mol. The molecule has 2 aromatic carbocycles. The molecule has 0 bridgehead atoms. The second-order valence-electron chi connectivity index (χ2n) is 4.90. The number of thiophene rings is 1. The van der Waals surface area contributed by atoms with Crippen molar-refractivity contribution in [2.45, 2.75) is 4.90 Å². The molecule has 0 unspecified atom stereocenters. The van der Waals surface area contributed by atoms with Crippen LogP contribution in [0.2, 0.25) is 0 Å².